The molecule has 0 bridgehead atoms. The molecule has 0 aromatic rings. The normalized spacial score (nSPS) is 14.8. The van der Waals surface area contributed by atoms with Gasteiger partial charge in [-0.1, -0.05) is 72.8 Å². The number of hydrogen-bond donors (Lipinski definition) is 1. The first-order valence-electron chi connectivity index (χ1n) is 9.85. The molecule has 0 fully saturated rings. The summed E-state index contributed by atoms with van der Waals surface area (Å²) >= 11 is 2.07. The van der Waals surface area contributed by atoms with E-state index in [0.29, 0.717) is 10.00 Å². The predicted octanol–water partition coefficient (Wildman–Crippen LogP) is 7.51. The first kappa shape index (κ1) is 24.4. The Morgan fingerprint density at radius 1 is 1.08 bits per heavy atom. The van der Waals surface area contributed by atoms with Crippen LogP contribution in [0.2, 0.25) is 0 Å². The minimum Gasteiger partial charge on any atom is -0.391 e. The Labute approximate surface area is 162 Å². The van der Waals surface area contributed by atoms with Crippen molar-refractivity contribution in [1.82, 2.24) is 5.32 Å². The van der Waals surface area contributed by atoms with Crippen LogP contribution >= 0.6 is 11.8 Å². The summed E-state index contributed by atoms with van der Waals surface area (Å²) in [5.41, 5.74) is 2.96. The van der Waals surface area contributed by atoms with Gasteiger partial charge >= 0.3 is 0 Å². The topological polar surface area (TPSA) is 12.0 Å². The summed E-state index contributed by atoms with van der Waals surface area (Å²) in [6.07, 6.45) is 13.9. The molecule has 1 atom stereocenters. The highest BCUT2D eigenvalue weighted by Gasteiger charge is 2.15. The van der Waals surface area contributed by atoms with Gasteiger partial charge in [-0.05, 0) is 50.0 Å². The van der Waals surface area contributed by atoms with E-state index in [-0.39, 0.29) is 5.41 Å². The molecule has 0 rings (SSSR count). The lowest BCUT2D eigenvalue weighted by Crippen LogP contribution is -2.14. The predicted molar refractivity (Wildman–Crippen MR) is 119 cm³/mol. The fraction of sp³-hybridized carbons (Fsp3) is 0.739. The van der Waals surface area contributed by atoms with Crippen LogP contribution in [0.5, 0.6) is 0 Å². The fourth-order valence-electron chi connectivity index (χ4n) is 2.57. The molecule has 0 aromatic carbocycles. The Morgan fingerprint density at radius 2 is 1.72 bits per heavy atom. The van der Waals surface area contributed by atoms with E-state index < -0.39 is 0 Å². The maximum absolute atomic E-state index is 4.21. The Hall–Kier alpha value is -0.630. The summed E-state index contributed by atoms with van der Waals surface area (Å²) in [4.78, 5) is 0. The van der Waals surface area contributed by atoms with Crippen molar-refractivity contribution < 1.29 is 0 Å². The molecule has 25 heavy (non-hydrogen) atoms. The molecule has 0 spiro atoms. The molecule has 0 aliphatic rings. The largest absolute Gasteiger partial charge is 0.391 e. The molecule has 0 saturated carbocycles. The Morgan fingerprint density at radius 3 is 2.24 bits per heavy atom. The minimum atomic E-state index is 0.253. The van der Waals surface area contributed by atoms with Gasteiger partial charge in [0.2, 0.25) is 0 Å². The van der Waals surface area contributed by atoms with Gasteiger partial charge < -0.3 is 5.32 Å². The van der Waals surface area contributed by atoms with Crippen molar-refractivity contribution in [3.63, 3.8) is 0 Å². The number of hydrogen-bond acceptors (Lipinski definition) is 2. The van der Waals surface area contributed by atoms with E-state index in [1.807, 2.05) is 7.05 Å². The molecule has 0 aromatic heterocycles. The van der Waals surface area contributed by atoms with Crippen molar-refractivity contribution in [1.29, 1.82) is 0 Å². The van der Waals surface area contributed by atoms with Crippen LogP contribution in [-0.4, -0.2) is 17.0 Å². The van der Waals surface area contributed by atoms with Crippen molar-refractivity contribution in [3.8, 4) is 0 Å². The van der Waals surface area contributed by atoms with E-state index in [1.54, 1.807) is 0 Å². The maximum atomic E-state index is 4.21. The van der Waals surface area contributed by atoms with Crippen molar-refractivity contribution in [2.45, 2.75) is 97.0 Å². The lowest BCUT2D eigenvalue weighted by atomic mass is 9.84. The lowest BCUT2D eigenvalue weighted by molar-refractivity contribution is 0.476. The van der Waals surface area contributed by atoms with Gasteiger partial charge in [-0.25, -0.2) is 0 Å². The van der Waals surface area contributed by atoms with Gasteiger partial charge in [0.15, 0.2) is 0 Å². The van der Waals surface area contributed by atoms with Crippen LogP contribution in [-0.2, 0) is 0 Å². The average Bonchev–Trinajstić information content (AvgIpc) is 2.46. The molecule has 0 amide bonds. The number of allylic oxidation sites excluding steroid dienone is 5. The van der Waals surface area contributed by atoms with E-state index in [1.165, 1.54) is 30.5 Å². The van der Waals surface area contributed by atoms with E-state index in [9.17, 15) is 0 Å². The third-order valence-electron chi connectivity index (χ3n) is 4.29. The molecule has 0 aliphatic carbocycles. The SMILES string of the molecule is C=C(CCCC/C=C\C=C(\CCC(C)SC(C)(C)C)NC)C(C)(C)C. The van der Waals surface area contributed by atoms with Crippen LogP contribution < -0.4 is 5.32 Å². The highest BCUT2D eigenvalue weighted by atomic mass is 32.2. The first-order valence-corrected chi connectivity index (χ1v) is 10.7. The van der Waals surface area contributed by atoms with E-state index in [0.717, 1.165) is 19.3 Å². The summed E-state index contributed by atoms with van der Waals surface area (Å²) in [5.74, 6) is 0. The zero-order chi connectivity index (χ0) is 19.5. The second-order valence-corrected chi connectivity index (χ2v) is 11.3. The number of nitrogens with one attached hydrogen (secondary N) is 1. The molecule has 0 radical (unpaired) electrons. The van der Waals surface area contributed by atoms with Gasteiger partial charge in [0.05, 0.1) is 0 Å². The Bertz CT molecular complexity index is 432. The molecule has 1 unspecified atom stereocenters. The number of rotatable bonds is 11. The van der Waals surface area contributed by atoms with Crippen molar-refractivity contribution in [3.05, 3.63) is 36.1 Å². The number of thioether (sulfide) groups is 1. The molecule has 146 valence electrons. The average molecular weight is 366 g/mol. The molecule has 0 heterocycles. The van der Waals surface area contributed by atoms with Crippen LogP contribution in [0.25, 0.3) is 0 Å². The molecule has 1 N–H and O–H groups in total. The highest BCUT2D eigenvalue weighted by molar-refractivity contribution is 8.01. The van der Waals surface area contributed by atoms with Crippen LogP contribution in [0.1, 0.15) is 87.0 Å². The van der Waals surface area contributed by atoms with Crippen LogP contribution in [0.3, 0.4) is 0 Å². The van der Waals surface area contributed by atoms with Crippen LogP contribution in [0.15, 0.2) is 36.1 Å². The quantitative estimate of drug-likeness (QED) is 0.231. The second kappa shape index (κ2) is 11.9. The molecule has 2 heteroatoms. The molecule has 0 aliphatic heterocycles. The van der Waals surface area contributed by atoms with Crippen molar-refractivity contribution in [2.24, 2.45) is 5.41 Å². The van der Waals surface area contributed by atoms with Crippen LogP contribution in [0.4, 0.5) is 0 Å². The smallest absolute Gasteiger partial charge is 0.0104 e. The summed E-state index contributed by atoms with van der Waals surface area (Å²) in [6, 6.07) is 0. The standard InChI is InChI=1S/C23H43NS/c1-19(22(3,4)5)15-13-11-10-12-14-16-21(24-9)18-17-20(2)25-23(6,7)8/h12,14,16,20,24H,1,10-11,13,15,17-18H2,2-9H3/b14-12-,21-16-. The van der Waals surface area contributed by atoms with Gasteiger partial charge in [0.1, 0.15) is 0 Å². The summed E-state index contributed by atoms with van der Waals surface area (Å²) in [6.45, 7) is 20.2. The van der Waals surface area contributed by atoms with E-state index >= 15 is 0 Å². The lowest BCUT2D eigenvalue weighted by Gasteiger charge is -2.23. The van der Waals surface area contributed by atoms with Gasteiger partial charge in [0.25, 0.3) is 0 Å². The Kier molecular flexibility index (Phi) is 11.6. The van der Waals surface area contributed by atoms with Crippen LogP contribution in [0, 0.1) is 5.41 Å². The zero-order valence-electron chi connectivity index (χ0n) is 18.2. The van der Waals surface area contributed by atoms with Gasteiger partial charge in [-0.2, -0.15) is 11.8 Å². The molecule has 0 saturated heterocycles. The number of unbranched alkanes of at least 4 members (excludes halogenated alkanes) is 2. The maximum Gasteiger partial charge on any atom is 0.0104 e. The monoisotopic (exact) mass is 365 g/mol. The zero-order valence-corrected chi connectivity index (χ0v) is 19.0. The first-order chi connectivity index (χ1) is 11.5. The van der Waals surface area contributed by atoms with E-state index in [4.69, 9.17) is 0 Å². The van der Waals surface area contributed by atoms with Gasteiger partial charge in [-0.15, -0.1) is 0 Å². The molecule has 1 nitrogen and oxygen atoms in total. The van der Waals surface area contributed by atoms with Crippen molar-refractivity contribution >= 4 is 11.8 Å². The highest BCUT2D eigenvalue weighted by Crippen LogP contribution is 2.30. The fourth-order valence-corrected chi connectivity index (χ4v) is 4.01. The third-order valence-corrected chi connectivity index (χ3v) is 5.63. The summed E-state index contributed by atoms with van der Waals surface area (Å²) < 4.78 is 0.348. The van der Waals surface area contributed by atoms with Gasteiger partial charge in [-0.3, -0.25) is 0 Å². The minimum absolute atomic E-state index is 0.253. The summed E-state index contributed by atoms with van der Waals surface area (Å²) in [7, 11) is 2.03. The Balaban J connectivity index is 4.06. The molecular formula is C23H43NS. The van der Waals surface area contributed by atoms with Crippen molar-refractivity contribution in [2.75, 3.05) is 7.05 Å². The second-order valence-electron chi connectivity index (χ2n) is 9.05. The van der Waals surface area contributed by atoms with Gasteiger partial charge in [0, 0.05) is 22.7 Å². The molecular weight excluding hydrogens is 322 g/mol. The third kappa shape index (κ3) is 14.2. The van der Waals surface area contributed by atoms with E-state index in [2.05, 4.69) is 90.4 Å². The summed E-state index contributed by atoms with van der Waals surface area (Å²) in [5, 5.41) is 4.03.